The van der Waals surface area contributed by atoms with Crippen LogP contribution in [0.15, 0.2) is 30.3 Å². The molecule has 0 saturated heterocycles. The number of alkyl halides is 2. The first kappa shape index (κ1) is 15.1. The van der Waals surface area contributed by atoms with Gasteiger partial charge in [-0.2, -0.15) is 0 Å². The Morgan fingerprint density at radius 2 is 2.06 bits per heavy atom. The van der Waals surface area contributed by atoms with Gasteiger partial charge >= 0.3 is 6.09 Å². The monoisotopic (exact) mass is 289 g/mol. The number of rotatable bonds is 6. The van der Waals surface area contributed by atoms with Gasteiger partial charge in [-0.15, -0.1) is 23.2 Å². The summed E-state index contributed by atoms with van der Waals surface area (Å²) in [5.41, 5.74) is 0.954. The molecule has 0 saturated carbocycles. The van der Waals surface area contributed by atoms with E-state index in [1.165, 1.54) is 4.90 Å². The van der Waals surface area contributed by atoms with Crippen LogP contribution in [0.4, 0.5) is 4.79 Å². The Morgan fingerprint density at radius 1 is 1.39 bits per heavy atom. The molecule has 1 aromatic carbocycles. The van der Waals surface area contributed by atoms with Crippen LogP contribution >= 0.6 is 23.2 Å². The number of amides is 1. The van der Waals surface area contributed by atoms with E-state index in [2.05, 4.69) is 0 Å². The smallest absolute Gasteiger partial charge is 0.410 e. The number of nitrogens with zero attached hydrogens (tertiary/aromatic N) is 1. The number of halogens is 2. The standard InChI is InChI=1S/C13H17Cl2NO2/c1-11(15)9-16(8-7-14)13(17)18-10-12-5-3-2-4-6-12/h2-6,11H,7-10H2,1H3. The van der Waals surface area contributed by atoms with E-state index in [1.807, 2.05) is 37.3 Å². The topological polar surface area (TPSA) is 29.5 Å². The quantitative estimate of drug-likeness (QED) is 0.751. The molecule has 1 amide bonds. The number of ether oxygens (including phenoxy) is 1. The van der Waals surface area contributed by atoms with Gasteiger partial charge in [-0.3, -0.25) is 0 Å². The Morgan fingerprint density at radius 3 is 2.61 bits per heavy atom. The van der Waals surface area contributed by atoms with E-state index in [1.54, 1.807) is 0 Å². The maximum atomic E-state index is 11.8. The highest BCUT2D eigenvalue weighted by Gasteiger charge is 2.16. The molecular weight excluding hydrogens is 273 g/mol. The second-order valence-corrected chi connectivity index (χ2v) is 5.08. The minimum absolute atomic E-state index is 0.127. The van der Waals surface area contributed by atoms with Crippen molar-refractivity contribution in [1.82, 2.24) is 4.90 Å². The first-order valence-electron chi connectivity index (χ1n) is 5.79. The van der Waals surface area contributed by atoms with Crippen LogP contribution in [0.25, 0.3) is 0 Å². The van der Waals surface area contributed by atoms with Crippen LogP contribution in [0.1, 0.15) is 12.5 Å². The summed E-state index contributed by atoms with van der Waals surface area (Å²) in [5, 5.41) is -0.127. The van der Waals surface area contributed by atoms with E-state index < -0.39 is 0 Å². The second kappa shape index (κ2) is 8.22. The van der Waals surface area contributed by atoms with Crippen molar-refractivity contribution < 1.29 is 9.53 Å². The Hall–Kier alpha value is -0.930. The van der Waals surface area contributed by atoms with Crippen LogP contribution < -0.4 is 0 Å². The molecule has 1 aromatic rings. The van der Waals surface area contributed by atoms with Gasteiger partial charge in [0.05, 0.1) is 0 Å². The molecule has 0 aliphatic heterocycles. The summed E-state index contributed by atoms with van der Waals surface area (Å²) in [6, 6.07) is 9.54. The van der Waals surface area contributed by atoms with Crippen molar-refractivity contribution in [3.05, 3.63) is 35.9 Å². The van der Waals surface area contributed by atoms with E-state index in [-0.39, 0.29) is 18.1 Å². The second-order valence-electron chi connectivity index (χ2n) is 3.96. The summed E-state index contributed by atoms with van der Waals surface area (Å²) in [5.74, 6) is 0.365. The third-order valence-electron chi connectivity index (χ3n) is 2.29. The summed E-state index contributed by atoms with van der Waals surface area (Å²) in [7, 11) is 0. The van der Waals surface area contributed by atoms with Crippen molar-refractivity contribution in [2.24, 2.45) is 0 Å². The fraction of sp³-hybridized carbons (Fsp3) is 0.462. The van der Waals surface area contributed by atoms with Gasteiger partial charge in [0.1, 0.15) is 6.61 Å². The molecule has 0 bridgehead atoms. The zero-order valence-corrected chi connectivity index (χ0v) is 11.8. The number of hydrogen-bond acceptors (Lipinski definition) is 2. The van der Waals surface area contributed by atoms with Crippen LogP contribution in [0.5, 0.6) is 0 Å². The van der Waals surface area contributed by atoms with Crippen LogP contribution in [0.3, 0.4) is 0 Å². The molecule has 0 heterocycles. The molecule has 0 spiro atoms. The van der Waals surface area contributed by atoms with Crippen molar-refractivity contribution in [2.45, 2.75) is 18.9 Å². The van der Waals surface area contributed by atoms with Gasteiger partial charge in [0.15, 0.2) is 0 Å². The minimum atomic E-state index is -0.382. The molecule has 1 atom stereocenters. The zero-order chi connectivity index (χ0) is 13.4. The average Bonchev–Trinajstić information content (AvgIpc) is 2.36. The van der Waals surface area contributed by atoms with Crippen molar-refractivity contribution in [2.75, 3.05) is 19.0 Å². The molecule has 5 heteroatoms. The maximum Gasteiger partial charge on any atom is 0.410 e. The normalized spacial score (nSPS) is 11.9. The highest BCUT2D eigenvalue weighted by molar-refractivity contribution is 6.20. The van der Waals surface area contributed by atoms with Gasteiger partial charge in [-0.05, 0) is 12.5 Å². The van der Waals surface area contributed by atoms with Crippen LogP contribution in [-0.4, -0.2) is 35.3 Å². The van der Waals surface area contributed by atoms with E-state index in [0.29, 0.717) is 19.0 Å². The first-order chi connectivity index (χ1) is 8.63. The Balaban J connectivity index is 2.46. The van der Waals surface area contributed by atoms with Gasteiger partial charge < -0.3 is 9.64 Å². The predicted octanol–water partition coefficient (Wildman–Crippen LogP) is 3.49. The molecule has 18 heavy (non-hydrogen) atoms. The molecule has 3 nitrogen and oxygen atoms in total. The fourth-order valence-electron chi connectivity index (χ4n) is 1.47. The molecule has 1 rings (SSSR count). The average molecular weight is 290 g/mol. The van der Waals surface area contributed by atoms with Crippen LogP contribution in [-0.2, 0) is 11.3 Å². The summed E-state index contributed by atoms with van der Waals surface area (Å²) in [4.78, 5) is 13.3. The Kier molecular flexibility index (Phi) is 6.91. The van der Waals surface area contributed by atoms with Gasteiger partial charge in [0.2, 0.25) is 0 Å². The summed E-state index contributed by atoms with van der Waals surface area (Å²) >= 11 is 11.5. The lowest BCUT2D eigenvalue weighted by Gasteiger charge is -2.22. The van der Waals surface area contributed by atoms with Crippen molar-refractivity contribution in [3.63, 3.8) is 0 Å². The third kappa shape index (κ3) is 5.61. The van der Waals surface area contributed by atoms with Gasteiger partial charge in [0.25, 0.3) is 0 Å². The minimum Gasteiger partial charge on any atom is -0.445 e. The molecule has 0 aliphatic rings. The number of benzene rings is 1. The van der Waals surface area contributed by atoms with Crippen LogP contribution in [0, 0.1) is 0 Å². The fourth-order valence-corrected chi connectivity index (χ4v) is 1.84. The first-order valence-corrected chi connectivity index (χ1v) is 6.76. The molecular formula is C13H17Cl2NO2. The Labute approximate surface area is 118 Å². The largest absolute Gasteiger partial charge is 0.445 e. The molecule has 0 fully saturated rings. The lowest BCUT2D eigenvalue weighted by molar-refractivity contribution is 0.0985. The molecule has 1 unspecified atom stereocenters. The molecule has 0 aliphatic carbocycles. The molecule has 100 valence electrons. The van der Waals surface area contributed by atoms with Gasteiger partial charge in [-0.1, -0.05) is 30.3 Å². The lowest BCUT2D eigenvalue weighted by Crippen LogP contribution is -2.37. The van der Waals surface area contributed by atoms with Crippen LogP contribution in [0.2, 0.25) is 0 Å². The molecule has 0 aromatic heterocycles. The summed E-state index contributed by atoms with van der Waals surface area (Å²) < 4.78 is 5.21. The van der Waals surface area contributed by atoms with E-state index in [9.17, 15) is 4.79 Å². The zero-order valence-electron chi connectivity index (χ0n) is 10.3. The predicted molar refractivity (Wildman–Crippen MR) is 74.2 cm³/mol. The Bertz CT molecular complexity index is 357. The van der Waals surface area contributed by atoms with Gasteiger partial charge in [0, 0.05) is 24.3 Å². The highest BCUT2D eigenvalue weighted by atomic mass is 35.5. The molecule has 0 radical (unpaired) electrons. The van der Waals surface area contributed by atoms with E-state index in [4.69, 9.17) is 27.9 Å². The van der Waals surface area contributed by atoms with Crippen molar-refractivity contribution in [1.29, 1.82) is 0 Å². The number of hydrogen-bond donors (Lipinski definition) is 0. The van der Waals surface area contributed by atoms with Crippen molar-refractivity contribution in [3.8, 4) is 0 Å². The van der Waals surface area contributed by atoms with E-state index >= 15 is 0 Å². The lowest BCUT2D eigenvalue weighted by atomic mass is 10.2. The van der Waals surface area contributed by atoms with Gasteiger partial charge in [-0.25, -0.2) is 4.79 Å². The SMILES string of the molecule is CC(Cl)CN(CCCl)C(=O)OCc1ccccc1. The van der Waals surface area contributed by atoms with Crippen molar-refractivity contribution >= 4 is 29.3 Å². The van der Waals surface area contributed by atoms with E-state index in [0.717, 1.165) is 5.56 Å². The summed E-state index contributed by atoms with van der Waals surface area (Å²) in [6.45, 7) is 2.95. The number of carbonyl (C=O) groups excluding carboxylic acids is 1. The highest BCUT2D eigenvalue weighted by Crippen LogP contribution is 2.06. The number of carbonyl (C=O) groups is 1. The third-order valence-corrected chi connectivity index (χ3v) is 2.60. The maximum absolute atomic E-state index is 11.8. The molecule has 0 N–H and O–H groups in total. The summed E-state index contributed by atoms with van der Waals surface area (Å²) in [6.07, 6.45) is -0.382.